The summed E-state index contributed by atoms with van der Waals surface area (Å²) in [6, 6.07) is 13.9. The Morgan fingerprint density at radius 3 is 2.57 bits per heavy atom. The molecule has 0 bridgehead atoms. The van der Waals surface area contributed by atoms with E-state index in [0.29, 0.717) is 6.54 Å². The predicted octanol–water partition coefficient (Wildman–Crippen LogP) is 4.21. The molecule has 0 unspecified atom stereocenters. The summed E-state index contributed by atoms with van der Waals surface area (Å²) in [5, 5.41) is 4.22. The molecule has 0 amide bonds. The maximum atomic E-state index is 6.03. The number of benzene rings is 2. The monoisotopic (exact) mass is 305 g/mol. The van der Waals surface area contributed by atoms with Gasteiger partial charge in [0.1, 0.15) is 11.5 Å². The molecular formula is C17H20ClNO2. The number of methoxy groups -OCH3 is 2. The van der Waals surface area contributed by atoms with Crippen molar-refractivity contribution in [1.82, 2.24) is 5.32 Å². The molecule has 0 aliphatic rings. The first-order valence-electron chi connectivity index (χ1n) is 6.83. The number of rotatable bonds is 6. The van der Waals surface area contributed by atoms with E-state index in [2.05, 4.69) is 18.3 Å². The number of hydrogen-bond acceptors (Lipinski definition) is 3. The van der Waals surface area contributed by atoms with E-state index in [4.69, 9.17) is 21.1 Å². The Kier molecular flexibility index (Phi) is 5.48. The van der Waals surface area contributed by atoms with Crippen molar-refractivity contribution in [2.24, 2.45) is 0 Å². The van der Waals surface area contributed by atoms with Crippen LogP contribution in [0.4, 0.5) is 0 Å². The molecule has 21 heavy (non-hydrogen) atoms. The molecular weight excluding hydrogens is 286 g/mol. The Labute approximate surface area is 130 Å². The molecule has 2 rings (SSSR count). The third-order valence-corrected chi connectivity index (χ3v) is 3.67. The standard InChI is InChI=1S/C17H20ClNO2/c1-12(13-5-4-6-15(18)9-13)19-11-14-10-16(20-2)7-8-17(14)21-3/h4-10,12,19H,11H2,1-3H3/t12-/m0/s1. The van der Waals surface area contributed by atoms with Crippen LogP contribution in [0.5, 0.6) is 11.5 Å². The highest BCUT2D eigenvalue weighted by molar-refractivity contribution is 6.30. The summed E-state index contributed by atoms with van der Waals surface area (Å²) in [5.41, 5.74) is 2.22. The molecule has 0 fully saturated rings. The van der Waals surface area contributed by atoms with Crippen LogP contribution in [0, 0.1) is 0 Å². The number of halogens is 1. The van der Waals surface area contributed by atoms with Crippen molar-refractivity contribution in [2.75, 3.05) is 14.2 Å². The summed E-state index contributed by atoms with van der Waals surface area (Å²) in [7, 11) is 3.33. The molecule has 1 N–H and O–H groups in total. The summed E-state index contributed by atoms with van der Waals surface area (Å²) >= 11 is 6.03. The van der Waals surface area contributed by atoms with Gasteiger partial charge in [-0.2, -0.15) is 0 Å². The first-order chi connectivity index (χ1) is 10.1. The molecule has 2 aromatic carbocycles. The van der Waals surface area contributed by atoms with Gasteiger partial charge in [0.25, 0.3) is 0 Å². The van der Waals surface area contributed by atoms with E-state index in [-0.39, 0.29) is 6.04 Å². The lowest BCUT2D eigenvalue weighted by molar-refractivity contribution is 0.395. The van der Waals surface area contributed by atoms with E-state index in [1.807, 2.05) is 36.4 Å². The average Bonchev–Trinajstić information content (AvgIpc) is 2.52. The van der Waals surface area contributed by atoms with Crippen LogP contribution < -0.4 is 14.8 Å². The molecule has 0 aromatic heterocycles. The molecule has 0 radical (unpaired) electrons. The highest BCUT2D eigenvalue weighted by Gasteiger charge is 2.09. The second kappa shape index (κ2) is 7.34. The van der Waals surface area contributed by atoms with Gasteiger partial charge in [-0.05, 0) is 42.8 Å². The highest BCUT2D eigenvalue weighted by atomic mass is 35.5. The molecule has 1 atom stereocenters. The van der Waals surface area contributed by atoms with Gasteiger partial charge in [-0.3, -0.25) is 0 Å². The van der Waals surface area contributed by atoms with Crippen LogP contribution in [-0.4, -0.2) is 14.2 Å². The summed E-state index contributed by atoms with van der Waals surface area (Å²) in [4.78, 5) is 0. The molecule has 0 heterocycles. The van der Waals surface area contributed by atoms with Crippen molar-refractivity contribution in [3.05, 3.63) is 58.6 Å². The Hall–Kier alpha value is -1.71. The van der Waals surface area contributed by atoms with Crippen LogP contribution >= 0.6 is 11.6 Å². The fourth-order valence-electron chi connectivity index (χ4n) is 2.18. The van der Waals surface area contributed by atoms with Crippen LogP contribution in [0.3, 0.4) is 0 Å². The molecule has 0 aliphatic carbocycles. The van der Waals surface area contributed by atoms with Gasteiger partial charge in [0.15, 0.2) is 0 Å². The van der Waals surface area contributed by atoms with Crippen molar-refractivity contribution >= 4 is 11.6 Å². The lowest BCUT2D eigenvalue weighted by Crippen LogP contribution is -2.18. The lowest BCUT2D eigenvalue weighted by atomic mass is 10.1. The van der Waals surface area contributed by atoms with E-state index in [9.17, 15) is 0 Å². The van der Waals surface area contributed by atoms with E-state index >= 15 is 0 Å². The maximum Gasteiger partial charge on any atom is 0.123 e. The first kappa shape index (κ1) is 15.7. The van der Waals surface area contributed by atoms with Crippen LogP contribution in [0.25, 0.3) is 0 Å². The summed E-state index contributed by atoms with van der Waals surface area (Å²) < 4.78 is 10.6. The Morgan fingerprint density at radius 1 is 1.10 bits per heavy atom. The lowest BCUT2D eigenvalue weighted by Gasteiger charge is -2.16. The van der Waals surface area contributed by atoms with Crippen LogP contribution in [0.2, 0.25) is 5.02 Å². The van der Waals surface area contributed by atoms with Crippen molar-refractivity contribution in [3.63, 3.8) is 0 Å². The zero-order valence-electron chi connectivity index (χ0n) is 12.5. The molecule has 0 aliphatic heterocycles. The summed E-state index contributed by atoms with van der Waals surface area (Å²) in [6.07, 6.45) is 0. The van der Waals surface area contributed by atoms with Crippen molar-refractivity contribution in [2.45, 2.75) is 19.5 Å². The second-order valence-electron chi connectivity index (χ2n) is 4.84. The van der Waals surface area contributed by atoms with Crippen LogP contribution in [0.15, 0.2) is 42.5 Å². The summed E-state index contributed by atoms with van der Waals surface area (Å²) in [5.74, 6) is 1.67. The van der Waals surface area contributed by atoms with Gasteiger partial charge in [0.05, 0.1) is 14.2 Å². The minimum Gasteiger partial charge on any atom is -0.497 e. The topological polar surface area (TPSA) is 30.5 Å². The third kappa shape index (κ3) is 4.13. The highest BCUT2D eigenvalue weighted by Crippen LogP contribution is 2.25. The Morgan fingerprint density at radius 2 is 1.90 bits per heavy atom. The largest absolute Gasteiger partial charge is 0.497 e. The fraction of sp³-hybridized carbons (Fsp3) is 0.294. The Balaban J connectivity index is 2.08. The average molecular weight is 306 g/mol. The molecule has 2 aromatic rings. The van der Waals surface area contributed by atoms with Gasteiger partial charge in [-0.1, -0.05) is 23.7 Å². The number of ether oxygens (including phenoxy) is 2. The van der Waals surface area contributed by atoms with Crippen LogP contribution in [0.1, 0.15) is 24.1 Å². The van der Waals surface area contributed by atoms with Gasteiger partial charge in [-0.15, -0.1) is 0 Å². The van der Waals surface area contributed by atoms with Crippen molar-refractivity contribution in [1.29, 1.82) is 0 Å². The zero-order chi connectivity index (χ0) is 15.2. The van der Waals surface area contributed by atoms with Gasteiger partial charge < -0.3 is 14.8 Å². The summed E-state index contributed by atoms with van der Waals surface area (Å²) in [6.45, 7) is 2.80. The zero-order valence-corrected chi connectivity index (χ0v) is 13.3. The fourth-order valence-corrected chi connectivity index (χ4v) is 2.38. The van der Waals surface area contributed by atoms with E-state index in [0.717, 1.165) is 27.6 Å². The quantitative estimate of drug-likeness (QED) is 0.867. The third-order valence-electron chi connectivity index (χ3n) is 3.43. The number of hydrogen-bond donors (Lipinski definition) is 1. The van der Waals surface area contributed by atoms with Crippen molar-refractivity contribution in [3.8, 4) is 11.5 Å². The number of nitrogens with one attached hydrogen (secondary N) is 1. The second-order valence-corrected chi connectivity index (χ2v) is 5.27. The smallest absolute Gasteiger partial charge is 0.123 e. The molecule has 112 valence electrons. The maximum absolute atomic E-state index is 6.03. The normalized spacial score (nSPS) is 12.0. The van der Waals surface area contributed by atoms with Gasteiger partial charge in [-0.25, -0.2) is 0 Å². The molecule has 3 nitrogen and oxygen atoms in total. The van der Waals surface area contributed by atoms with Gasteiger partial charge >= 0.3 is 0 Å². The Bertz CT molecular complexity index is 601. The van der Waals surface area contributed by atoms with Crippen molar-refractivity contribution < 1.29 is 9.47 Å². The molecule has 0 saturated heterocycles. The minimum absolute atomic E-state index is 0.194. The minimum atomic E-state index is 0.194. The van der Waals surface area contributed by atoms with Crippen LogP contribution in [-0.2, 0) is 6.54 Å². The van der Waals surface area contributed by atoms with Gasteiger partial charge in [0, 0.05) is 23.2 Å². The van der Waals surface area contributed by atoms with Gasteiger partial charge in [0.2, 0.25) is 0 Å². The first-order valence-corrected chi connectivity index (χ1v) is 7.21. The SMILES string of the molecule is COc1ccc(OC)c(CN[C@@H](C)c2cccc(Cl)c2)c1. The van der Waals surface area contributed by atoms with E-state index in [1.165, 1.54) is 0 Å². The molecule has 0 spiro atoms. The molecule has 4 heteroatoms. The molecule has 0 saturated carbocycles. The van der Waals surface area contributed by atoms with E-state index < -0.39 is 0 Å². The van der Waals surface area contributed by atoms with E-state index in [1.54, 1.807) is 14.2 Å². The predicted molar refractivity (Wildman–Crippen MR) is 86.3 cm³/mol.